The minimum atomic E-state index is -0.726. The molecule has 2 heterocycles. The van der Waals surface area contributed by atoms with Gasteiger partial charge in [-0.1, -0.05) is 61.9 Å². The zero-order valence-corrected chi connectivity index (χ0v) is 19.8. The van der Waals surface area contributed by atoms with Crippen LogP contribution in [0.4, 0.5) is 5.13 Å². The first-order valence-electron chi connectivity index (χ1n) is 11.0. The Morgan fingerprint density at radius 3 is 2.71 bits per heavy atom. The monoisotopic (exact) mass is 482 g/mol. The van der Waals surface area contributed by atoms with Crippen molar-refractivity contribution in [3.05, 3.63) is 54.1 Å². The maximum absolute atomic E-state index is 13.0. The van der Waals surface area contributed by atoms with Crippen molar-refractivity contribution < 1.29 is 23.8 Å². The van der Waals surface area contributed by atoms with Gasteiger partial charge in [0.1, 0.15) is 17.7 Å². The quantitative estimate of drug-likeness (QED) is 0.454. The molecule has 1 aliphatic rings. The average molecular weight is 483 g/mol. The highest BCUT2D eigenvalue weighted by Gasteiger charge is 2.27. The first-order valence-corrected chi connectivity index (χ1v) is 11.8. The molecule has 0 radical (unpaired) electrons. The predicted molar refractivity (Wildman–Crippen MR) is 128 cm³/mol. The molecule has 2 N–H and O–H groups in total. The van der Waals surface area contributed by atoms with Gasteiger partial charge in [-0.15, -0.1) is 10.2 Å². The Labute approximate surface area is 201 Å². The molecule has 2 amide bonds. The third-order valence-electron chi connectivity index (χ3n) is 5.43. The van der Waals surface area contributed by atoms with E-state index in [1.807, 2.05) is 62.4 Å². The van der Waals surface area contributed by atoms with E-state index in [0.717, 1.165) is 11.1 Å². The van der Waals surface area contributed by atoms with Gasteiger partial charge in [0.15, 0.2) is 11.5 Å². The number of carbonyl (C=O) groups excluding carboxylic acids is 2. The molecule has 0 saturated heterocycles. The van der Waals surface area contributed by atoms with E-state index in [4.69, 9.17) is 14.2 Å². The molecule has 2 atom stereocenters. The number of fused-ring (bicyclic) bond motifs is 1. The molecule has 0 bridgehead atoms. The van der Waals surface area contributed by atoms with Crippen LogP contribution in [0.15, 0.2) is 48.5 Å². The minimum Gasteiger partial charge on any atom is -0.454 e. The number of nitrogens with one attached hydrogen (secondary N) is 2. The molecule has 1 aliphatic heterocycles. The topological polar surface area (TPSA) is 112 Å². The molecule has 10 heteroatoms. The second-order valence-corrected chi connectivity index (χ2v) is 8.86. The van der Waals surface area contributed by atoms with Gasteiger partial charge in [-0.05, 0) is 29.7 Å². The average Bonchev–Trinajstić information content (AvgIpc) is 3.51. The van der Waals surface area contributed by atoms with Crippen molar-refractivity contribution in [3.8, 4) is 22.1 Å². The summed E-state index contributed by atoms with van der Waals surface area (Å²) < 4.78 is 16.2. The Hall–Kier alpha value is -3.50. The summed E-state index contributed by atoms with van der Waals surface area (Å²) in [6, 6.07) is 14.4. The summed E-state index contributed by atoms with van der Waals surface area (Å²) in [4.78, 5) is 25.4. The van der Waals surface area contributed by atoms with E-state index in [2.05, 4.69) is 20.8 Å². The van der Waals surface area contributed by atoms with Crippen molar-refractivity contribution >= 4 is 28.3 Å². The molecule has 9 nitrogen and oxygen atoms in total. The van der Waals surface area contributed by atoms with Crippen molar-refractivity contribution in [2.75, 3.05) is 18.7 Å². The van der Waals surface area contributed by atoms with Crippen molar-refractivity contribution in [3.63, 3.8) is 0 Å². The molecule has 178 valence electrons. The van der Waals surface area contributed by atoms with Crippen molar-refractivity contribution in [1.82, 2.24) is 15.5 Å². The van der Waals surface area contributed by atoms with Gasteiger partial charge >= 0.3 is 0 Å². The third kappa shape index (κ3) is 5.89. The second-order valence-electron chi connectivity index (χ2n) is 7.88. The Kier molecular flexibility index (Phi) is 7.71. The number of rotatable bonds is 10. The molecule has 0 fully saturated rings. The van der Waals surface area contributed by atoms with Gasteiger partial charge in [-0.25, -0.2) is 0 Å². The largest absolute Gasteiger partial charge is 0.454 e. The van der Waals surface area contributed by atoms with Crippen LogP contribution >= 0.6 is 11.3 Å². The minimum absolute atomic E-state index is 0.0840. The van der Waals surface area contributed by atoms with E-state index < -0.39 is 6.04 Å². The van der Waals surface area contributed by atoms with Crippen LogP contribution in [0.2, 0.25) is 0 Å². The van der Waals surface area contributed by atoms with Crippen molar-refractivity contribution in [2.45, 2.75) is 32.9 Å². The van der Waals surface area contributed by atoms with Gasteiger partial charge in [0.05, 0.1) is 6.61 Å². The van der Waals surface area contributed by atoms with Crippen molar-refractivity contribution in [1.29, 1.82) is 0 Å². The lowest BCUT2D eigenvalue weighted by Crippen LogP contribution is -2.48. The predicted octanol–water partition coefficient (Wildman–Crippen LogP) is 3.62. The maximum atomic E-state index is 13.0. The Bertz CT molecular complexity index is 1140. The highest BCUT2D eigenvalue weighted by Crippen LogP contribution is 2.37. The Morgan fingerprint density at radius 1 is 1.12 bits per heavy atom. The summed E-state index contributed by atoms with van der Waals surface area (Å²) in [5.74, 6) is 0.544. The van der Waals surface area contributed by atoms with Crippen LogP contribution in [-0.2, 0) is 20.9 Å². The van der Waals surface area contributed by atoms with E-state index >= 15 is 0 Å². The third-order valence-corrected chi connectivity index (χ3v) is 6.32. The lowest BCUT2D eigenvalue weighted by molar-refractivity contribution is -0.131. The molecule has 0 saturated carbocycles. The Morgan fingerprint density at radius 2 is 1.91 bits per heavy atom. The van der Waals surface area contributed by atoms with E-state index in [1.165, 1.54) is 11.3 Å². The summed E-state index contributed by atoms with van der Waals surface area (Å²) in [5.41, 5.74) is 1.78. The molecular formula is C24H26N4O5S. The number of hydrogen-bond donors (Lipinski definition) is 2. The fourth-order valence-electron chi connectivity index (χ4n) is 3.36. The number of anilines is 1. The van der Waals surface area contributed by atoms with Crippen LogP contribution in [-0.4, -0.2) is 41.5 Å². The fourth-order valence-corrected chi connectivity index (χ4v) is 4.10. The zero-order chi connectivity index (χ0) is 23.9. The molecule has 34 heavy (non-hydrogen) atoms. The summed E-state index contributed by atoms with van der Waals surface area (Å²) in [6.45, 7) is 4.25. The number of aromatic nitrogens is 2. The molecule has 4 rings (SSSR count). The van der Waals surface area contributed by atoms with Gasteiger partial charge < -0.3 is 19.5 Å². The normalized spacial score (nSPS) is 13.8. The lowest BCUT2D eigenvalue weighted by atomic mass is 9.98. The first kappa shape index (κ1) is 23.7. The number of amides is 2. The van der Waals surface area contributed by atoms with Gasteiger partial charge in [-0.2, -0.15) is 0 Å². The van der Waals surface area contributed by atoms with Gasteiger partial charge in [0.2, 0.25) is 23.7 Å². The zero-order valence-electron chi connectivity index (χ0n) is 18.9. The highest BCUT2D eigenvalue weighted by molar-refractivity contribution is 7.18. The summed E-state index contributed by atoms with van der Waals surface area (Å²) in [5, 5.41) is 14.8. The van der Waals surface area contributed by atoms with Crippen LogP contribution in [0.25, 0.3) is 10.6 Å². The smallest absolute Gasteiger partial charge is 0.249 e. The van der Waals surface area contributed by atoms with Crippen LogP contribution in [0, 0.1) is 5.92 Å². The van der Waals surface area contributed by atoms with Gasteiger partial charge in [0.25, 0.3) is 0 Å². The van der Waals surface area contributed by atoms with Gasteiger partial charge in [0, 0.05) is 5.56 Å². The number of benzene rings is 2. The second kappa shape index (κ2) is 11.1. The van der Waals surface area contributed by atoms with Crippen LogP contribution in [0.5, 0.6) is 11.5 Å². The molecule has 0 aliphatic carbocycles. The van der Waals surface area contributed by atoms with E-state index in [0.29, 0.717) is 34.7 Å². The number of carbonyl (C=O) groups is 2. The highest BCUT2D eigenvalue weighted by atomic mass is 32.1. The van der Waals surface area contributed by atoms with Crippen LogP contribution in [0.3, 0.4) is 0 Å². The molecule has 3 aromatic rings. The Balaban J connectivity index is 1.34. The lowest BCUT2D eigenvalue weighted by Gasteiger charge is -2.22. The number of hydrogen-bond acceptors (Lipinski definition) is 8. The van der Waals surface area contributed by atoms with Crippen LogP contribution in [0.1, 0.15) is 25.8 Å². The maximum Gasteiger partial charge on any atom is 0.249 e. The first-order chi connectivity index (χ1) is 16.5. The molecular weight excluding hydrogens is 456 g/mol. The number of ether oxygens (including phenoxy) is 3. The number of nitrogens with zero attached hydrogens (tertiary/aromatic N) is 2. The molecule has 1 aromatic heterocycles. The van der Waals surface area contributed by atoms with Gasteiger partial charge in [-0.3, -0.25) is 14.9 Å². The summed E-state index contributed by atoms with van der Waals surface area (Å²) >= 11 is 1.24. The SMILES string of the molecule is CCC(C)C(NC(=O)COCc1ccccc1)C(=O)Nc1nnc(-c2ccc3c(c2)OCO3)s1. The molecule has 0 spiro atoms. The van der Waals surface area contributed by atoms with E-state index in [1.54, 1.807) is 0 Å². The standard InChI is InChI=1S/C24H26N4O5S/c1-3-15(2)21(25-20(29)13-31-12-16-7-5-4-6-8-16)22(30)26-24-28-27-23(34-24)17-9-10-18-19(11-17)33-14-32-18/h4-11,15,21H,3,12-14H2,1-2H3,(H,25,29)(H,26,28,30). The molecule has 2 unspecified atom stereocenters. The van der Waals surface area contributed by atoms with Crippen molar-refractivity contribution in [2.24, 2.45) is 5.92 Å². The molecule has 2 aromatic carbocycles. The summed E-state index contributed by atoms with van der Waals surface area (Å²) in [7, 11) is 0. The van der Waals surface area contributed by atoms with E-state index in [9.17, 15) is 9.59 Å². The van der Waals surface area contributed by atoms with Crippen LogP contribution < -0.4 is 20.1 Å². The van der Waals surface area contributed by atoms with E-state index in [-0.39, 0.29) is 31.1 Å². The summed E-state index contributed by atoms with van der Waals surface area (Å²) in [6.07, 6.45) is 0.710. The fraction of sp³-hybridized carbons (Fsp3) is 0.333.